The summed E-state index contributed by atoms with van der Waals surface area (Å²) in [6, 6.07) is 3.83. The number of aromatic nitrogens is 3. The van der Waals surface area contributed by atoms with Crippen molar-refractivity contribution in [2.75, 3.05) is 0 Å². The summed E-state index contributed by atoms with van der Waals surface area (Å²) in [5, 5.41) is 16.5. The molecule has 7 heteroatoms. The van der Waals surface area contributed by atoms with Crippen LogP contribution in [0.2, 0.25) is 0 Å². The van der Waals surface area contributed by atoms with Gasteiger partial charge in [-0.25, -0.2) is 13.9 Å². The molecule has 0 aliphatic rings. The molecule has 6 nitrogen and oxygen atoms in total. The quantitative estimate of drug-likeness (QED) is 0.897. The second-order valence-corrected chi connectivity index (χ2v) is 3.82. The largest absolute Gasteiger partial charge is 0.477 e. The zero-order valence-electron chi connectivity index (χ0n) is 10.2. The molecule has 2 aromatic rings. The van der Waals surface area contributed by atoms with Gasteiger partial charge in [0, 0.05) is 6.54 Å². The minimum absolute atomic E-state index is 0.0767. The van der Waals surface area contributed by atoms with Gasteiger partial charge in [0.1, 0.15) is 23.3 Å². The third-order valence-corrected chi connectivity index (χ3v) is 2.42. The second kappa shape index (κ2) is 5.47. The van der Waals surface area contributed by atoms with Crippen molar-refractivity contribution in [1.82, 2.24) is 15.0 Å². The van der Waals surface area contributed by atoms with Gasteiger partial charge in [-0.15, -0.1) is 5.10 Å². The molecule has 0 saturated carbocycles. The molecule has 19 heavy (non-hydrogen) atoms. The molecular formula is C12H12FN3O3. The molecule has 0 amide bonds. The topological polar surface area (TPSA) is 77.2 Å². The van der Waals surface area contributed by atoms with Crippen LogP contribution >= 0.6 is 0 Å². The Labute approximate surface area is 108 Å². The Kier molecular flexibility index (Phi) is 3.74. The van der Waals surface area contributed by atoms with Gasteiger partial charge in [0.25, 0.3) is 0 Å². The molecule has 1 aromatic carbocycles. The van der Waals surface area contributed by atoms with E-state index in [1.54, 1.807) is 0 Å². The van der Waals surface area contributed by atoms with Crippen molar-refractivity contribution < 1.29 is 19.0 Å². The van der Waals surface area contributed by atoms with Gasteiger partial charge in [-0.2, -0.15) is 0 Å². The molecule has 100 valence electrons. The van der Waals surface area contributed by atoms with Gasteiger partial charge >= 0.3 is 5.97 Å². The van der Waals surface area contributed by atoms with Crippen molar-refractivity contribution in [3.63, 3.8) is 0 Å². The molecule has 1 aromatic heterocycles. The first-order chi connectivity index (χ1) is 9.13. The second-order valence-electron chi connectivity index (χ2n) is 3.82. The lowest BCUT2D eigenvalue weighted by atomic mass is 10.2. The van der Waals surface area contributed by atoms with Crippen molar-refractivity contribution in [3.05, 3.63) is 35.8 Å². The SMILES string of the molecule is CCCn1nncc1Oc1cccc(F)c1C(=O)O. The van der Waals surface area contributed by atoms with Crippen LogP contribution in [-0.4, -0.2) is 26.1 Å². The highest BCUT2D eigenvalue weighted by Gasteiger charge is 2.18. The molecule has 0 atom stereocenters. The molecule has 0 aliphatic heterocycles. The number of aryl methyl sites for hydroxylation is 1. The Balaban J connectivity index is 2.35. The fraction of sp³-hybridized carbons (Fsp3) is 0.250. The Bertz CT molecular complexity index is 598. The van der Waals surface area contributed by atoms with Gasteiger partial charge in [0.05, 0.1) is 0 Å². The van der Waals surface area contributed by atoms with E-state index in [0.29, 0.717) is 6.54 Å². The highest BCUT2D eigenvalue weighted by molar-refractivity contribution is 5.91. The van der Waals surface area contributed by atoms with Crippen LogP contribution in [0.4, 0.5) is 4.39 Å². The monoisotopic (exact) mass is 265 g/mol. The van der Waals surface area contributed by atoms with Crippen LogP contribution < -0.4 is 4.74 Å². The Morgan fingerprint density at radius 1 is 1.53 bits per heavy atom. The van der Waals surface area contributed by atoms with Gasteiger partial charge in [-0.05, 0) is 18.6 Å². The van der Waals surface area contributed by atoms with E-state index < -0.39 is 17.3 Å². The number of carboxylic acid groups (broad SMARTS) is 1. The molecule has 0 saturated heterocycles. The first kappa shape index (κ1) is 13.0. The number of carbonyl (C=O) groups is 1. The number of carboxylic acids is 1. The maximum Gasteiger partial charge on any atom is 0.342 e. The summed E-state index contributed by atoms with van der Waals surface area (Å²) in [6.45, 7) is 2.53. The molecule has 0 spiro atoms. The highest BCUT2D eigenvalue weighted by atomic mass is 19.1. The van der Waals surface area contributed by atoms with Crippen LogP contribution in [0.3, 0.4) is 0 Å². The van der Waals surface area contributed by atoms with Crippen LogP contribution in [0.5, 0.6) is 11.6 Å². The standard InChI is InChI=1S/C12H12FN3O3/c1-2-6-16-10(7-14-15-16)19-9-5-3-4-8(13)11(9)12(17)18/h3-5,7H,2,6H2,1H3,(H,17,18). The number of aromatic carboxylic acids is 1. The summed E-state index contributed by atoms with van der Waals surface area (Å²) in [5.74, 6) is -2.04. The Morgan fingerprint density at radius 2 is 2.32 bits per heavy atom. The van der Waals surface area contributed by atoms with Gasteiger partial charge in [0.15, 0.2) is 0 Å². The average molecular weight is 265 g/mol. The minimum atomic E-state index is -1.39. The van der Waals surface area contributed by atoms with E-state index in [4.69, 9.17) is 9.84 Å². The third-order valence-electron chi connectivity index (χ3n) is 2.42. The smallest absolute Gasteiger partial charge is 0.342 e. The summed E-state index contributed by atoms with van der Waals surface area (Å²) in [6.07, 6.45) is 2.17. The van der Waals surface area contributed by atoms with Crippen LogP contribution in [-0.2, 0) is 6.54 Å². The summed E-state index contributed by atoms with van der Waals surface area (Å²) in [7, 11) is 0. The lowest BCUT2D eigenvalue weighted by Gasteiger charge is -2.09. The molecule has 0 fully saturated rings. The number of hydrogen-bond donors (Lipinski definition) is 1. The Morgan fingerprint density at radius 3 is 3.00 bits per heavy atom. The van der Waals surface area contributed by atoms with Crippen LogP contribution in [0.1, 0.15) is 23.7 Å². The molecule has 1 heterocycles. The average Bonchev–Trinajstić information content (AvgIpc) is 2.77. The van der Waals surface area contributed by atoms with Crippen molar-refractivity contribution >= 4 is 5.97 Å². The maximum atomic E-state index is 13.5. The minimum Gasteiger partial charge on any atom is -0.477 e. The summed E-state index contributed by atoms with van der Waals surface area (Å²) < 4.78 is 20.4. The summed E-state index contributed by atoms with van der Waals surface area (Å²) in [4.78, 5) is 11.0. The van der Waals surface area contributed by atoms with Gasteiger partial charge in [0.2, 0.25) is 5.88 Å². The van der Waals surface area contributed by atoms with E-state index in [1.165, 1.54) is 23.0 Å². The predicted molar refractivity (Wildman–Crippen MR) is 63.7 cm³/mol. The highest BCUT2D eigenvalue weighted by Crippen LogP contribution is 2.26. The third kappa shape index (κ3) is 2.70. The van der Waals surface area contributed by atoms with Gasteiger partial charge < -0.3 is 9.84 Å². The van der Waals surface area contributed by atoms with E-state index in [2.05, 4.69) is 10.3 Å². The predicted octanol–water partition coefficient (Wildman–Crippen LogP) is 2.32. The van der Waals surface area contributed by atoms with Crippen LogP contribution in [0.15, 0.2) is 24.4 Å². The number of benzene rings is 1. The van der Waals surface area contributed by atoms with E-state index in [1.807, 2.05) is 6.92 Å². The summed E-state index contributed by atoms with van der Waals surface area (Å²) in [5.41, 5.74) is -0.508. The van der Waals surface area contributed by atoms with E-state index in [0.717, 1.165) is 12.5 Å². The number of rotatable bonds is 5. The fourth-order valence-corrected chi connectivity index (χ4v) is 1.60. The van der Waals surface area contributed by atoms with E-state index in [-0.39, 0.29) is 11.6 Å². The molecule has 0 unspecified atom stereocenters. The molecular weight excluding hydrogens is 253 g/mol. The maximum absolute atomic E-state index is 13.5. The van der Waals surface area contributed by atoms with Gasteiger partial charge in [-0.3, -0.25) is 0 Å². The number of ether oxygens (including phenoxy) is 1. The number of hydrogen-bond acceptors (Lipinski definition) is 4. The van der Waals surface area contributed by atoms with Crippen LogP contribution in [0, 0.1) is 5.82 Å². The summed E-state index contributed by atoms with van der Waals surface area (Å²) >= 11 is 0. The fourth-order valence-electron chi connectivity index (χ4n) is 1.60. The first-order valence-electron chi connectivity index (χ1n) is 5.71. The Hall–Kier alpha value is -2.44. The molecule has 0 radical (unpaired) electrons. The zero-order chi connectivity index (χ0) is 13.8. The van der Waals surface area contributed by atoms with Crippen molar-refractivity contribution in [2.45, 2.75) is 19.9 Å². The van der Waals surface area contributed by atoms with Crippen molar-refractivity contribution in [3.8, 4) is 11.6 Å². The molecule has 0 bridgehead atoms. The normalized spacial score (nSPS) is 10.4. The lowest BCUT2D eigenvalue weighted by Crippen LogP contribution is -2.06. The lowest BCUT2D eigenvalue weighted by molar-refractivity contribution is 0.0688. The zero-order valence-corrected chi connectivity index (χ0v) is 10.2. The van der Waals surface area contributed by atoms with E-state index >= 15 is 0 Å². The van der Waals surface area contributed by atoms with Crippen LogP contribution in [0.25, 0.3) is 0 Å². The molecule has 1 N–H and O–H groups in total. The van der Waals surface area contributed by atoms with Crippen molar-refractivity contribution in [1.29, 1.82) is 0 Å². The number of nitrogens with zero attached hydrogens (tertiary/aromatic N) is 3. The number of halogens is 1. The van der Waals surface area contributed by atoms with E-state index in [9.17, 15) is 9.18 Å². The van der Waals surface area contributed by atoms with Crippen molar-refractivity contribution in [2.24, 2.45) is 0 Å². The van der Waals surface area contributed by atoms with Gasteiger partial charge in [-0.1, -0.05) is 18.2 Å². The molecule has 2 rings (SSSR count). The first-order valence-corrected chi connectivity index (χ1v) is 5.71. The molecule has 0 aliphatic carbocycles.